The molecule has 0 bridgehead atoms. The smallest absolute Gasteiger partial charge is 0.275 e. The van der Waals surface area contributed by atoms with Gasteiger partial charge in [-0.15, -0.1) is 0 Å². The molecular weight excluding hydrogens is 352 g/mol. The van der Waals surface area contributed by atoms with Gasteiger partial charge in [-0.25, -0.2) is 4.98 Å². The summed E-state index contributed by atoms with van der Waals surface area (Å²) < 4.78 is 9.42. The summed E-state index contributed by atoms with van der Waals surface area (Å²) in [7, 11) is 3.34. The maximum Gasteiger partial charge on any atom is 0.275 e. The van der Waals surface area contributed by atoms with Gasteiger partial charge >= 0.3 is 0 Å². The quantitative estimate of drug-likeness (QED) is 0.598. The molecule has 1 amide bonds. The summed E-state index contributed by atoms with van der Waals surface area (Å²) in [6.45, 7) is 1.87. The molecule has 4 rings (SSSR count). The molecule has 0 aliphatic carbocycles. The van der Waals surface area contributed by atoms with E-state index < -0.39 is 0 Å². The Bertz CT molecular complexity index is 1110. The number of benzene rings is 1. The second-order valence-electron chi connectivity index (χ2n) is 5.71. The Hall–Kier alpha value is -3.20. The van der Waals surface area contributed by atoms with Crippen LogP contribution in [0.1, 0.15) is 16.2 Å². The minimum atomic E-state index is -0.256. The molecule has 26 heavy (non-hydrogen) atoms. The van der Waals surface area contributed by atoms with Gasteiger partial charge in [0.05, 0.1) is 23.0 Å². The van der Waals surface area contributed by atoms with E-state index >= 15 is 0 Å². The zero-order valence-corrected chi connectivity index (χ0v) is 15.2. The van der Waals surface area contributed by atoms with Crippen LogP contribution in [0.15, 0.2) is 36.5 Å². The van der Waals surface area contributed by atoms with E-state index in [0.29, 0.717) is 16.6 Å². The molecule has 0 aliphatic rings. The summed E-state index contributed by atoms with van der Waals surface area (Å²) in [6.07, 6.45) is 1.58. The number of hydrogen-bond acceptors (Lipinski definition) is 6. The molecule has 8 nitrogen and oxygen atoms in total. The van der Waals surface area contributed by atoms with Crippen molar-refractivity contribution in [2.75, 3.05) is 12.4 Å². The van der Waals surface area contributed by atoms with E-state index in [1.165, 1.54) is 16.0 Å². The van der Waals surface area contributed by atoms with Crippen molar-refractivity contribution in [2.24, 2.45) is 7.05 Å². The third kappa shape index (κ3) is 2.82. The van der Waals surface area contributed by atoms with Crippen molar-refractivity contribution in [2.45, 2.75) is 6.92 Å². The lowest BCUT2D eigenvalue weighted by Gasteiger charge is -2.06. The van der Waals surface area contributed by atoms with E-state index in [1.807, 2.05) is 25.1 Å². The lowest BCUT2D eigenvalue weighted by molar-refractivity contribution is 0.101. The Morgan fingerprint density at radius 2 is 2.12 bits per heavy atom. The van der Waals surface area contributed by atoms with Crippen LogP contribution < -0.4 is 10.1 Å². The maximum absolute atomic E-state index is 12.5. The third-order valence-electron chi connectivity index (χ3n) is 3.89. The Morgan fingerprint density at radius 1 is 1.27 bits per heavy atom. The zero-order valence-electron chi connectivity index (χ0n) is 14.4. The number of methoxy groups -OCH3 is 1. The van der Waals surface area contributed by atoms with Crippen molar-refractivity contribution < 1.29 is 9.53 Å². The number of rotatable bonds is 4. The van der Waals surface area contributed by atoms with Gasteiger partial charge in [0, 0.05) is 25.4 Å². The molecule has 132 valence electrons. The Labute approximate surface area is 153 Å². The molecule has 0 unspecified atom stereocenters. The van der Waals surface area contributed by atoms with Gasteiger partial charge in [0.1, 0.15) is 17.3 Å². The van der Waals surface area contributed by atoms with Crippen LogP contribution in [-0.4, -0.2) is 37.6 Å². The second-order valence-corrected chi connectivity index (χ2v) is 6.72. The molecule has 0 aliphatic heterocycles. The van der Waals surface area contributed by atoms with E-state index in [0.717, 1.165) is 21.7 Å². The number of nitrogens with one attached hydrogen (secondary N) is 1. The van der Waals surface area contributed by atoms with Crippen molar-refractivity contribution in [3.63, 3.8) is 0 Å². The number of anilines is 1. The highest BCUT2D eigenvalue weighted by Gasteiger charge is 2.17. The van der Waals surface area contributed by atoms with Crippen molar-refractivity contribution in [1.29, 1.82) is 0 Å². The summed E-state index contributed by atoms with van der Waals surface area (Å²) >= 11 is 1.49. The predicted molar refractivity (Wildman–Crippen MR) is 99.2 cm³/mol. The molecule has 0 atom stereocenters. The number of hydrogen-bond donors (Lipinski definition) is 1. The highest BCUT2D eigenvalue weighted by Crippen LogP contribution is 2.29. The van der Waals surface area contributed by atoms with Crippen molar-refractivity contribution in [3.05, 3.63) is 47.9 Å². The first-order valence-corrected chi connectivity index (χ1v) is 8.68. The standard InChI is InChI=1S/C17H16N6O2S/c1-10-8-15(20-16(24)13-6-7-18-22(13)2)23(21-10)17-19-12-9-11(25-3)4-5-14(12)26-17/h4-9H,1-3H3,(H,20,24). The minimum absolute atomic E-state index is 0.256. The molecule has 0 radical (unpaired) electrons. The molecule has 4 aromatic rings. The van der Waals surface area contributed by atoms with Gasteiger partial charge in [0.25, 0.3) is 5.91 Å². The second kappa shape index (κ2) is 6.26. The van der Waals surface area contributed by atoms with Gasteiger partial charge in [0.2, 0.25) is 5.13 Å². The number of carbonyl (C=O) groups excluding carboxylic acids is 1. The normalized spacial score (nSPS) is 11.0. The van der Waals surface area contributed by atoms with Crippen LogP contribution in [0, 0.1) is 6.92 Å². The van der Waals surface area contributed by atoms with Crippen LogP contribution in [0.4, 0.5) is 5.82 Å². The molecule has 0 spiro atoms. The van der Waals surface area contributed by atoms with E-state index in [2.05, 4.69) is 20.5 Å². The highest BCUT2D eigenvalue weighted by molar-refractivity contribution is 7.20. The van der Waals surface area contributed by atoms with Crippen LogP contribution in [-0.2, 0) is 7.05 Å². The van der Waals surface area contributed by atoms with Crippen molar-refractivity contribution in [3.8, 4) is 10.9 Å². The van der Waals surface area contributed by atoms with E-state index in [4.69, 9.17) is 4.74 Å². The van der Waals surface area contributed by atoms with Crippen molar-refractivity contribution in [1.82, 2.24) is 24.5 Å². The van der Waals surface area contributed by atoms with Gasteiger partial charge in [-0.1, -0.05) is 11.3 Å². The molecule has 0 saturated carbocycles. The molecule has 3 heterocycles. The zero-order chi connectivity index (χ0) is 18.3. The van der Waals surface area contributed by atoms with Crippen molar-refractivity contribution >= 4 is 33.3 Å². The average Bonchev–Trinajstić information content (AvgIpc) is 3.31. The van der Waals surface area contributed by atoms with Crippen LogP contribution in [0.25, 0.3) is 15.3 Å². The minimum Gasteiger partial charge on any atom is -0.497 e. The SMILES string of the molecule is COc1ccc2sc(-n3nc(C)cc3NC(=O)c3ccnn3C)nc2c1. The predicted octanol–water partition coefficient (Wildman–Crippen LogP) is 2.78. The average molecular weight is 368 g/mol. The number of nitrogens with zero attached hydrogens (tertiary/aromatic N) is 5. The topological polar surface area (TPSA) is 86.9 Å². The molecule has 3 aromatic heterocycles. The first kappa shape index (κ1) is 16.3. The van der Waals surface area contributed by atoms with Crippen LogP contribution in [0.2, 0.25) is 0 Å². The highest BCUT2D eigenvalue weighted by atomic mass is 32.1. The van der Waals surface area contributed by atoms with E-state index in [-0.39, 0.29) is 5.91 Å². The number of carbonyl (C=O) groups is 1. The summed E-state index contributed by atoms with van der Waals surface area (Å²) in [6, 6.07) is 9.19. The largest absolute Gasteiger partial charge is 0.497 e. The summed E-state index contributed by atoms with van der Waals surface area (Å²) in [4.78, 5) is 17.1. The lowest BCUT2D eigenvalue weighted by atomic mass is 10.3. The molecule has 0 saturated heterocycles. The molecular formula is C17H16N6O2S. The summed E-state index contributed by atoms with van der Waals surface area (Å²) in [5.41, 5.74) is 2.06. The Morgan fingerprint density at radius 3 is 2.85 bits per heavy atom. The fourth-order valence-corrected chi connectivity index (χ4v) is 3.54. The van der Waals surface area contributed by atoms with Gasteiger partial charge in [-0.3, -0.25) is 9.48 Å². The number of ether oxygens (including phenoxy) is 1. The van der Waals surface area contributed by atoms with Gasteiger partial charge in [-0.05, 0) is 25.1 Å². The Balaban J connectivity index is 1.71. The summed E-state index contributed by atoms with van der Waals surface area (Å²) in [5.74, 6) is 1.05. The van der Waals surface area contributed by atoms with Crippen LogP contribution >= 0.6 is 11.3 Å². The van der Waals surface area contributed by atoms with E-state index in [1.54, 1.807) is 37.2 Å². The molecule has 0 fully saturated rings. The number of aryl methyl sites for hydroxylation is 2. The number of aromatic nitrogens is 5. The molecule has 1 N–H and O–H groups in total. The number of fused-ring (bicyclic) bond motifs is 1. The maximum atomic E-state index is 12.5. The fraction of sp³-hybridized carbons (Fsp3) is 0.176. The monoisotopic (exact) mass is 368 g/mol. The number of amides is 1. The third-order valence-corrected chi connectivity index (χ3v) is 4.90. The van der Waals surface area contributed by atoms with Gasteiger partial charge in [0.15, 0.2) is 0 Å². The van der Waals surface area contributed by atoms with E-state index in [9.17, 15) is 4.79 Å². The van der Waals surface area contributed by atoms with Crippen LogP contribution in [0.3, 0.4) is 0 Å². The molecule has 1 aromatic carbocycles. The summed E-state index contributed by atoms with van der Waals surface area (Å²) in [5, 5.41) is 12.0. The Kier molecular flexibility index (Phi) is 3.92. The lowest BCUT2D eigenvalue weighted by Crippen LogP contribution is -2.18. The first-order valence-electron chi connectivity index (χ1n) is 7.86. The van der Waals surface area contributed by atoms with Gasteiger partial charge in [-0.2, -0.15) is 14.9 Å². The van der Waals surface area contributed by atoms with Gasteiger partial charge < -0.3 is 10.1 Å². The van der Waals surface area contributed by atoms with Crippen LogP contribution in [0.5, 0.6) is 5.75 Å². The first-order chi connectivity index (χ1) is 12.5. The fourth-order valence-electron chi connectivity index (χ4n) is 2.62. The number of thiazole rings is 1. The molecule has 9 heteroatoms.